The number of nitrogens with zero attached hydrogens (tertiary/aromatic N) is 4. The number of benzene rings is 2. The van der Waals surface area contributed by atoms with Crippen molar-refractivity contribution in [3.8, 4) is 17.6 Å². The summed E-state index contributed by atoms with van der Waals surface area (Å²) in [5.74, 6) is -1.16. The van der Waals surface area contributed by atoms with Crippen LogP contribution in [0.25, 0.3) is 0 Å². The van der Waals surface area contributed by atoms with E-state index in [1.807, 2.05) is 4.90 Å². The Kier molecular flexibility index (Phi) is 8.43. The van der Waals surface area contributed by atoms with Gasteiger partial charge >= 0.3 is 20.2 Å². The summed E-state index contributed by atoms with van der Waals surface area (Å²) in [6.45, 7) is 0.809. The minimum atomic E-state index is -3.91. The number of amides is 1. The maximum absolute atomic E-state index is 14.2. The monoisotopic (exact) mass is 591 g/mol. The number of aromatic amines is 1. The van der Waals surface area contributed by atoms with E-state index in [9.17, 15) is 26.0 Å². The minimum Gasteiger partial charge on any atom is -0.382 e. The zero-order valence-electron chi connectivity index (χ0n) is 21.6. The fourth-order valence-corrected chi connectivity index (χ4v) is 5.32. The third-order valence-electron chi connectivity index (χ3n) is 6.06. The topological polar surface area (TPSA) is 163 Å². The van der Waals surface area contributed by atoms with Gasteiger partial charge in [0.05, 0.1) is 42.7 Å². The number of nitrogens with one attached hydrogen (secondary N) is 1. The second-order valence-corrected chi connectivity index (χ2v) is 12.5. The maximum atomic E-state index is 14.2. The molecule has 1 amide bonds. The highest BCUT2D eigenvalue weighted by Gasteiger charge is 2.31. The van der Waals surface area contributed by atoms with Crippen LogP contribution in [0.2, 0.25) is 0 Å². The Morgan fingerprint density at radius 3 is 2.25 bits per heavy atom. The van der Waals surface area contributed by atoms with Gasteiger partial charge in [-0.05, 0) is 41.8 Å². The Morgan fingerprint density at radius 2 is 1.73 bits per heavy atom. The van der Waals surface area contributed by atoms with Crippen molar-refractivity contribution in [2.45, 2.75) is 19.0 Å². The molecule has 1 atom stereocenters. The van der Waals surface area contributed by atoms with E-state index in [0.717, 1.165) is 24.3 Å². The number of hydrogen-bond acceptors (Lipinski definition) is 10. The van der Waals surface area contributed by atoms with Gasteiger partial charge in [-0.2, -0.15) is 22.1 Å². The van der Waals surface area contributed by atoms with Crippen LogP contribution in [0, 0.1) is 17.1 Å². The first-order valence-corrected chi connectivity index (χ1v) is 15.5. The van der Waals surface area contributed by atoms with E-state index < -0.39 is 26.1 Å². The van der Waals surface area contributed by atoms with Crippen LogP contribution in [0.5, 0.6) is 11.5 Å². The van der Waals surface area contributed by atoms with Crippen molar-refractivity contribution in [3.05, 3.63) is 77.1 Å². The summed E-state index contributed by atoms with van der Waals surface area (Å²) in [6.07, 6.45) is 5.21. The molecule has 0 radical (unpaired) electrons. The van der Waals surface area contributed by atoms with Gasteiger partial charge in [0.15, 0.2) is 0 Å². The van der Waals surface area contributed by atoms with Gasteiger partial charge in [0.1, 0.15) is 23.4 Å². The lowest BCUT2D eigenvalue weighted by atomic mass is 10.00. The van der Waals surface area contributed by atoms with Crippen molar-refractivity contribution in [3.63, 3.8) is 0 Å². The number of imidazole rings is 1. The van der Waals surface area contributed by atoms with E-state index in [2.05, 4.69) is 9.97 Å². The van der Waals surface area contributed by atoms with Gasteiger partial charge in [0, 0.05) is 31.9 Å². The maximum Gasteiger partial charge on any atom is 0.306 e. The molecule has 1 aliphatic rings. The van der Waals surface area contributed by atoms with Crippen molar-refractivity contribution in [1.29, 1.82) is 5.26 Å². The minimum absolute atomic E-state index is 0.0225. The average molecular weight is 592 g/mol. The molecule has 0 aliphatic carbocycles. The SMILES string of the molecule is CS(=O)(=O)Oc1cc(CN2CCN(C(Cc3ccc(C#N)c(F)c3)c3cnc[nH]3)CC2=O)cc(OS(C)(=O)=O)c1. The standard InChI is InChI=1S/C25H26FN5O7S2/c1-39(33,34)37-20-7-18(8-21(11-20)38-40(2,35)36)14-31-6-5-30(15-25(31)32)24(23-13-28-16-29-23)10-17-3-4-19(12-27)22(26)9-17/h3-4,7-9,11,13,16,24H,5-6,10,14-15H2,1-2H3,(H,28,29). The largest absolute Gasteiger partial charge is 0.382 e. The summed E-state index contributed by atoms with van der Waals surface area (Å²) in [5.41, 5.74) is 1.73. The number of rotatable bonds is 10. The number of carbonyl (C=O) groups excluding carboxylic acids is 1. The first-order valence-electron chi connectivity index (χ1n) is 11.9. The van der Waals surface area contributed by atoms with E-state index in [1.54, 1.807) is 23.2 Å². The fourth-order valence-electron chi connectivity index (χ4n) is 4.43. The van der Waals surface area contributed by atoms with Crippen LogP contribution in [0.1, 0.15) is 28.4 Å². The summed E-state index contributed by atoms with van der Waals surface area (Å²) < 4.78 is 70.6. The van der Waals surface area contributed by atoms with Crippen LogP contribution in [-0.4, -0.2) is 74.7 Å². The lowest BCUT2D eigenvalue weighted by Gasteiger charge is -2.38. The van der Waals surface area contributed by atoms with Crippen LogP contribution in [0.4, 0.5) is 4.39 Å². The molecule has 4 rings (SSSR count). The molecule has 40 heavy (non-hydrogen) atoms. The Hall–Kier alpha value is -4.00. The van der Waals surface area contributed by atoms with Crippen LogP contribution in [-0.2, 0) is 38.0 Å². The summed E-state index contributed by atoms with van der Waals surface area (Å²) in [5, 5.41) is 9.01. The van der Waals surface area contributed by atoms with Gasteiger partial charge in [-0.15, -0.1) is 0 Å². The second kappa shape index (κ2) is 11.6. The first kappa shape index (κ1) is 29.0. The van der Waals surface area contributed by atoms with Crippen LogP contribution in [0.3, 0.4) is 0 Å². The van der Waals surface area contributed by atoms with Gasteiger partial charge in [-0.1, -0.05) is 6.07 Å². The summed E-state index contributed by atoms with van der Waals surface area (Å²) in [4.78, 5) is 23.8. The van der Waals surface area contributed by atoms with E-state index >= 15 is 0 Å². The van der Waals surface area contributed by atoms with Crippen molar-refractivity contribution in [2.24, 2.45) is 0 Å². The highest BCUT2D eigenvalue weighted by molar-refractivity contribution is 7.86. The molecule has 2 aromatic carbocycles. The van der Waals surface area contributed by atoms with E-state index in [1.165, 1.54) is 30.6 Å². The number of nitriles is 1. The van der Waals surface area contributed by atoms with Crippen molar-refractivity contribution in [2.75, 3.05) is 32.1 Å². The van der Waals surface area contributed by atoms with Crippen molar-refractivity contribution in [1.82, 2.24) is 19.8 Å². The molecule has 1 N–H and O–H groups in total. The quantitative estimate of drug-likeness (QED) is 0.344. The molecule has 3 aromatic rings. The van der Waals surface area contributed by atoms with E-state index in [0.29, 0.717) is 30.6 Å². The first-order chi connectivity index (χ1) is 18.8. The van der Waals surface area contributed by atoms with Gasteiger partial charge in [0.2, 0.25) is 5.91 Å². The van der Waals surface area contributed by atoms with Crippen LogP contribution >= 0.6 is 0 Å². The average Bonchev–Trinajstić information content (AvgIpc) is 3.36. The van der Waals surface area contributed by atoms with Crippen molar-refractivity contribution >= 4 is 26.1 Å². The molecular weight excluding hydrogens is 565 g/mol. The molecule has 15 heteroatoms. The normalized spacial score (nSPS) is 15.4. The van der Waals surface area contributed by atoms with Gasteiger partial charge in [-0.3, -0.25) is 9.69 Å². The summed E-state index contributed by atoms with van der Waals surface area (Å²) >= 11 is 0. The van der Waals surface area contributed by atoms with Crippen molar-refractivity contribution < 1.29 is 34.4 Å². The molecule has 0 saturated carbocycles. The molecule has 1 fully saturated rings. The second-order valence-electron chi connectivity index (χ2n) is 9.33. The fraction of sp³-hybridized carbons (Fsp3) is 0.320. The van der Waals surface area contributed by atoms with Crippen LogP contribution in [0.15, 0.2) is 48.9 Å². The smallest absolute Gasteiger partial charge is 0.306 e. The zero-order chi connectivity index (χ0) is 29.1. The molecular formula is C25H26FN5O7S2. The third kappa shape index (κ3) is 7.78. The lowest BCUT2D eigenvalue weighted by molar-refractivity contribution is -0.137. The van der Waals surface area contributed by atoms with Gasteiger partial charge < -0.3 is 18.3 Å². The molecule has 0 spiro atoms. The molecule has 1 aromatic heterocycles. The number of carbonyl (C=O) groups is 1. The highest BCUT2D eigenvalue weighted by atomic mass is 32.2. The van der Waals surface area contributed by atoms with E-state index in [-0.39, 0.29) is 42.1 Å². The molecule has 0 bridgehead atoms. The number of piperazine rings is 1. The molecule has 1 saturated heterocycles. The van der Waals surface area contributed by atoms with E-state index in [4.69, 9.17) is 13.6 Å². The molecule has 1 aliphatic heterocycles. The molecule has 2 heterocycles. The molecule has 12 nitrogen and oxygen atoms in total. The third-order valence-corrected chi connectivity index (χ3v) is 7.05. The molecule has 212 valence electrons. The predicted molar refractivity (Wildman–Crippen MR) is 141 cm³/mol. The number of H-pyrrole nitrogens is 1. The summed E-state index contributed by atoms with van der Waals surface area (Å²) in [6, 6.07) is 9.78. The Morgan fingerprint density at radius 1 is 1.05 bits per heavy atom. The number of hydrogen-bond donors (Lipinski definition) is 1. The Balaban J connectivity index is 1.52. The Bertz CT molecular complexity index is 1600. The van der Waals surface area contributed by atoms with Gasteiger partial charge in [-0.25, -0.2) is 9.37 Å². The lowest BCUT2D eigenvalue weighted by Crippen LogP contribution is -2.51. The predicted octanol–water partition coefficient (Wildman–Crippen LogP) is 1.73. The number of halogens is 1. The summed E-state index contributed by atoms with van der Waals surface area (Å²) in [7, 11) is -7.82. The number of aromatic nitrogens is 2. The zero-order valence-corrected chi connectivity index (χ0v) is 23.2. The molecule has 1 unspecified atom stereocenters. The van der Waals surface area contributed by atoms with Gasteiger partial charge in [0.25, 0.3) is 0 Å². The highest BCUT2D eigenvalue weighted by Crippen LogP contribution is 2.29. The van der Waals surface area contributed by atoms with Crippen LogP contribution < -0.4 is 8.37 Å². The Labute approximate surface area is 231 Å².